The summed E-state index contributed by atoms with van der Waals surface area (Å²) < 4.78 is 5.69. The lowest BCUT2D eigenvalue weighted by Crippen LogP contribution is -2.19. The molecule has 0 saturated carbocycles. The summed E-state index contributed by atoms with van der Waals surface area (Å²) in [7, 11) is 3.97. The molecular formula is C18H21Cl2N9O. The van der Waals surface area contributed by atoms with Crippen LogP contribution >= 0.6 is 23.2 Å². The number of benzene rings is 2. The third-order valence-electron chi connectivity index (χ3n) is 3.68. The van der Waals surface area contributed by atoms with Crippen LogP contribution in [-0.4, -0.2) is 44.1 Å². The molecule has 0 amide bonds. The van der Waals surface area contributed by atoms with Gasteiger partial charge in [0, 0.05) is 12.1 Å². The summed E-state index contributed by atoms with van der Waals surface area (Å²) in [6.07, 6.45) is 0. The minimum absolute atomic E-state index is 0.215. The van der Waals surface area contributed by atoms with Gasteiger partial charge in [0.15, 0.2) is 0 Å². The number of nitrogens with zero attached hydrogens (tertiary/aromatic N) is 6. The van der Waals surface area contributed by atoms with Gasteiger partial charge >= 0.3 is 0 Å². The van der Waals surface area contributed by atoms with Gasteiger partial charge < -0.3 is 21.2 Å². The zero-order chi connectivity index (χ0) is 22.1. The number of rotatable bonds is 6. The van der Waals surface area contributed by atoms with Crippen LogP contribution in [0.1, 0.15) is 0 Å². The molecule has 30 heavy (non-hydrogen) atoms. The molecule has 0 aliphatic heterocycles. The van der Waals surface area contributed by atoms with E-state index in [9.17, 15) is 0 Å². The summed E-state index contributed by atoms with van der Waals surface area (Å²) in [5.41, 5.74) is 14.5. The standard InChI is InChI=1S/C18H21Cl2N9O/c1-29(2)7-8-30-13-5-3-11(4-6-13)16-14(19)9-12(10-15(16)20)24-17(21)25-18(26-22)27-28-23/h3-6,9-10,22H,7-8H2,1-2H3,(H4,21,23,24,25,27). The number of hydrogen-bond donors (Lipinski definition) is 3. The van der Waals surface area contributed by atoms with Crippen LogP contribution in [0.5, 0.6) is 5.75 Å². The fourth-order valence-electron chi connectivity index (χ4n) is 2.35. The van der Waals surface area contributed by atoms with Gasteiger partial charge in [0.2, 0.25) is 5.96 Å². The summed E-state index contributed by atoms with van der Waals surface area (Å²) in [4.78, 5) is 9.83. The van der Waals surface area contributed by atoms with Crippen molar-refractivity contribution in [2.75, 3.05) is 27.2 Å². The van der Waals surface area contributed by atoms with Gasteiger partial charge in [-0.3, -0.25) is 0 Å². The Bertz CT molecular complexity index is 949. The van der Waals surface area contributed by atoms with Gasteiger partial charge in [0.05, 0.1) is 15.7 Å². The Balaban J connectivity index is 2.24. The molecule has 0 unspecified atom stereocenters. The van der Waals surface area contributed by atoms with Gasteiger partial charge in [-0.25, -0.2) is 10.5 Å². The lowest BCUT2D eigenvalue weighted by atomic mass is 10.0. The zero-order valence-corrected chi connectivity index (χ0v) is 17.9. The van der Waals surface area contributed by atoms with E-state index in [1.807, 2.05) is 43.3 Å². The van der Waals surface area contributed by atoms with Gasteiger partial charge in [0.25, 0.3) is 5.96 Å². The topological polar surface area (TPSA) is 150 Å². The Morgan fingerprint density at radius 1 is 1.13 bits per heavy atom. The first-order valence-corrected chi connectivity index (χ1v) is 9.38. The van der Waals surface area contributed by atoms with E-state index in [2.05, 4.69) is 25.4 Å². The molecule has 0 fully saturated rings. The average Bonchev–Trinajstić information content (AvgIpc) is 2.68. The SMILES string of the molecule is CN(C)CCOc1ccc(-c2c(Cl)cc(N=C(N)N=C(N=N)N=NN)cc2Cl)cc1. The van der Waals surface area contributed by atoms with Crippen LogP contribution in [0.15, 0.2) is 61.8 Å². The lowest BCUT2D eigenvalue weighted by molar-refractivity contribution is 0.261. The molecule has 0 spiro atoms. The monoisotopic (exact) mass is 449 g/mol. The molecule has 0 aliphatic carbocycles. The van der Waals surface area contributed by atoms with Gasteiger partial charge in [-0.1, -0.05) is 45.7 Å². The summed E-state index contributed by atoms with van der Waals surface area (Å²) in [5, 5.41) is 10.1. The van der Waals surface area contributed by atoms with Crippen molar-refractivity contribution in [1.82, 2.24) is 4.90 Å². The van der Waals surface area contributed by atoms with Crippen LogP contribution in [-0.2, 0) is 0 Å². The van der Waals surface area contributed by atoms with Gasteiger partial charge in [-0.2, -0.15) is 4.99 Å². The minimum atomic E-state index is -0.347. The number of ether oxygens (including phenoxy) is 1. The van der Waals surface area contributed by atoms with E-state index in [-0.39, 0.29) is 11.9 Å². The summed E-state index contributed by atoms with van der Waals surface area (Å²) in [6.45, 7) is 1.41. The van der Waals surface area contributed by atoms with E-state index < -0.39 is 0 Å². The van der Waals surface area contributed by atoms with Crippen molar-refractivity contribution in [1.29, 1.82) is 5.53 Å². The maximum absolute atomic E-state index is 6.92. The van der Waals surface area contributed by atoms with Crippen LogP contribution in [0.3, 0.4) is 0 Å². The van der Waals surface area contributed by atoms with Crippen molar-refractivity contribution in [2.45, 2.75) is 0 Å². The molecular weight excluding hydrogens is 429 g/mol. The molecule has 0 atom stereocenters. The largest absolute Gasteiger partial charge is 0.492 e. The first kappa shape index (κ1) is 23.2. The summed E-state index contributed by atoms with van der Waals surface area (Å²) >= 11 is 12.9. The Morgan fingerprint density at radius 2 is 1.77 bits per heavy atom. The van der Waals surface area contributed by atoms with Crippen LogP contribution in [0.4, 0.5) is 5.69 Å². The molecule has 0 aliphatic rings. The van der Waals surface area contributed by atoms with Gasteiger partial charge in [0.1, 0.15) is 12.4 Å². The predicted octanol–water partition coefficient (Wildman–Crippen LogP) is 4.26. The smallest absolute Gasteiger partial charge is 0.292 e. The van der Waals surface area contributed by atoms with E-state index in [0.717, 1.165) is 17.9 Å². The maximum atomic E-state index is 6.92. The van der Waals surface area contributed by atoms with Crippen molar-refractivity contribution in [3.8, 4) is 16.9 Å². The maximum Gasteiger partial charge on any atom is 0.292 e. The lowest BCUT2D eigenvalue weighted by Gasteiger charge is -2.12. The molecule has 158 valence electrons. The van der Waals surface area contributed by atoms with Crippen molar-refractivity contribution in [2.24, 2.45) is 37.0 Å². The molecule has 0 aromatic heterocycles. The van der Waals surface area contributed by atoms with Crippen molar-refractivity contribution in [3.63, 3.8) is 0 Å². The van der Waals surface area contributed by atoms with Crippen molar-refractivity contribution < 1.29 is 4.74 Å². The van der Waals surface area contributed by atoms with Crippen molar-refractivity contribution in [3.05, 3.63) is 46.4 Å². The molecule has 0 radical (unpaired) electrons. The Labute approximate surface area is 183 Å². The minimum Gasteiger partial charge on any atom is -0.492 e. The zero-order valence-electron chi connectivity index (χ0n) is 16.4. The van der Waals surface area contributed by atoms with E-state index >= 15 is 0 Å². The Morgan fingerprint density at radius 3 is 2.30 bits per heavy atom. The molecule has 0 saturated heterocycles. The fraction of sp³-hybridized carbons (Fsp3) is 0.222. The quantitative estimate of drug-likeness (QED) is 0.198. The number of halogens is 2. The van der Waals surface area contributed by atoms with Crippen LogP contribution in [0, 0.1) is 5.53 Å². The molecule has 2 aromatic carbocycles. The molecule has 10 nitrogen and oxygen atoms in total. The normalized spacial score (nSPS) is 12.6. The predicted molar refractivity (Wildman–Crippen MR) is 119 cm³/mol. The molecule has 0 bridgehead atoms. The number of nitrogens with two attached hydrogens (primary N) is 2. The van der Waals surface area contributed by atoms with Crippen molar-refractivity contribution >= 4 is 40.8 Å². The second-order valence-corrected chi connectivity index (χ2v) is 6.98. The molecule has 5 N–H and O–H groups in total. The highest BCUT2D eigenvalue weighted by molar-refractivity contribution is 6.39. The Kier molecular flexibility index (Phi) is 8.66. The second-order valence-electron chi connectivity index (χ2n) is 6.17. The second kappa shape index (κ2) is 11.2. The molecule has 2 rings (SSSR count). The third-order valence-corrected chi connectivity index (χ3v) is 4.28. The van der Waals surface area contributed by atoms with Gasteiger partial charge in [-0.15, -0.1) is 5.11 Å². The van der Waals surface area contributed by atoms with Gasteiger partial charge in [-0.05, 0) is 43.9 Å². The first-order chi connectivity index (χ1) is 14.3. The number of likely N-dealkylation sites (N-methyl/N-ethyl adjacent to an activating group) is 1. The molecule has 0 heterocycles. The van der Waals surface area contributed by atoms with E-state index in [0.29, 0.717) is 27.9 Å². The van der Waals surface area contributed by atoms with Crippen LogP contribution in [0.25, 0.3) is 11.1 Å². The summed E-state index contributed by atoms with van der Waals surface area (Å²) in [6, 6.07) is 10.6. The highest BCUT2D eigenvalue weighted by atomic mass is 35.5. The fourth-order valence-corrected chi connectivity index (χ4v) is 3.04. The van der Waals surface area contributed by atoms with E-state index in [4.69, 9.17) is 45.0 Å². The number of aliphatic imine (C=N–C) groups is 2. The highest BCUT2D eigenvalue weighted by Crippen LogP contribution is 2.38. The summed E-state index contributed by atoms with van der Waals surface area (Å²) in [5.74, 6) is 5.09. The number of hydrogen-bond acceptors (Lipinski definition) is 5. The average molecular weight is 450 g/mol. The highest BCUT2D eigenvalue weighted by Gasteiger charge is 2.11. The first-order valence-electron chi connectivity index (χ1n) is 8.62. The Hall–Kier alpha value is -3.08. The number of guanidine groups is 2. The van der Waals surface area contributed by atoms with Crippen LogP contribution in [0.2, 0.25) is 10.0 Å². The van der Waals surface area contributed by atoms with E-state index in [1.165, 1.54) is 0 Å². The van der Waals surface area contributed by atoms with E-state index in [1.54, 1.807) is 12.1 Å². The molecule has 2 aromatic rings. The third kappa shape index (κ3) is 6.76. The van der Waals surface area contributed by atoms with Crippen LogP contribution < -0.4 is 16.3 Å². The molecule has 12 heteroatoms. The number of nitrogens with one attached hydrogen (secondary N) is 1.